The molecule has 1 fully saturated rings. The monoisotopic (exact) mass is 580 g/mol. The van der Waals surface area contributed by atoms with Gasteiger partial charge in [-0.2, -0.15) is 18.2 Å². The van der Waals surface area contributed by atoms with Gasteiger partial charge in [-0.3, -0.25) is 9.78 Å². The number of fused-ring (bicyclic) bond motifs is 1. The van der Waals surface area contributed by atoms with Gasteiger partial charge in [-0.1, -0.05) is 25.0 Å². The smallest absolute Gasteiger partial charge is 0.422 e. The second kappa shape index (κ2) is 12.5. The molecule has 3 unspecified atom stereocenters. The lowest BCUT2D eigenvalue weighted by molar-refractivity contribution is -0.153. The number of amides is 1. The molecule has 0 radical (unpaired) electrons. The van der Waals surface area contributed by atoms with E-state index in [9.17, 15) is 27.3 Å². The van der Waals surface area contributed by atoms with E-state index < -0.39 is 41.9 Å². The second-order valence-corrected chi connectivity index (χ2v) is 10.9. The third-order valence-corrected chi connectivity index (χ3v) is 8.18. The molecular weight excluding hydrogens is 549 g/mol. The minimum Gasteiger partial charge on any atom is -0.609 e. The average Bonchev–Trinajstić information content (AvgIpc) is 3.32. The van der Waals surface area contributed by atoms with Crippen molar-refractivity contribution in [2.45, 2.75) is 62.7 Å². The molecule has 0 saturated heterocycles. The molecule has 216 valence electrons. The highest BCUT2D eigenvalue weighted by Crippen LogP contribution is 2.32. The number of esters is 1. The first-order chi connectivity index (χ1) is 19.0. The molecule has 0 spiro atoms. The van der Waals surface area contributed by atoms with Crippen LogP contribution in [0.4, 0.5) is 18.0 Å². The zero-order valence-electron chi connectivity index (χ0n) is 22.4. The van der Waals surface area contributed by atoms with Crippen LogP contribution < -0.4 is 4.74 Å². The van der Waals surface area contributed by atoms with Crippen molar-refractivity contribution >= 4 is 34.2 Å². The number of pyridine rings is 1. The molecule has 1 aliphatic rings. The normalized spacial score (nSPS) is 18.4. The number of carbonyl (C=O) groups excluding carboxylic acids is 2. The second-order valence-electron chi connectivity index (χ2n) is 9.60. The van der Waals surface area contributed by atoms with Crippen molar-refractivity contribution in [2.24, 2.45) is 5.92 Å². The van der Waals surface area contributed by atoms with Gasteiger partial charge in [-0.05, 0) is 44.9 Å². The summed E-state index contributed by atoms with van der Waals surface area (Å²) in [4.78, 5) is 36.8. The van der Waals surface area contributed by atoms with Crippen LogP contribution in [0, 0.1) is 12.8 Å². The molecule has 1 aromatic carbocycles. The highest BCUT2D eigenvalue weighted by molar-refractivity contribution is 7.90. The number of para-hydroxylation sites is 2. The third kappa shape index (κ3) is 6.52. The first-order valence-electron chi connectivity index (χ1n) is 13.0. The molecular formula is C27H31F3N4O5S. The van der Waals surface area contributed by atoms with Crippen LogP contribution in [-0.2, 0) is 26.5 Å². The first kappa shape index (κ1) is 29.7. The van der Waals surface area contributed by atoms with Crippen LogP contribution in [0.1, 0.15) is 43.9 Å². The van der Waals surface area contributed by atoms with Crippen LogP contribution in [-0.4, -0.2) is 68.5 Å². The van der Waals surface area contributed by atoms with Crippen LogP contribution in [0.15, 0.2) is 41.7 Å². The van der Waals surface area contributed by atoms with E-state index in [0.717, 1.165) is 12.8 Å². The van der Waals surface area contributed by atoms with Crippen LogP contribution in [0.3, 0.4) is 0 Å². The van der Waals surface area contributed by atoms with E-state index >= 15 is 0 Å². The molecule has 9 nitrogen and oxygen atoms in total. The van der Waals surface area contributed by atoms with Crippen molar-refractivity contribution in [1.82, 2.24) is 19.4 Å². The van der Waals surface area contributed by atoms with E-state index in [0.29, 0.717) is 29.4 Å². The Bertz CT molecular complexity index is 1370. The molecule has 0 aliphatic heterocycles. The summed E-state index contributed by atoms with van der Waals surface area (Å²) >= 11 is -1.91. The van der Waals surface area contributed by atoms with Crippen LogP contribution >= 0.6 is 0 Å². The standard InChI is InChI=1S/C27H31F3N4O5S/c1-4-38-24(35)18-9-5-7-11-21(18)33(3)26(36)34-22-12-8-6-10-19(22)32-25(34)40(37)15-20-17(2)23(13-14-31-20)39-16-27(28,29)30/h6,8,10,12-14,18,21H,4-5,7,9,11,15-16H2,1-3H3. The fourth-order valence-corrected chi connectivity index (χ4v) is 6.20. The number of alkyl halides is 3. The van der Waals surface area contributed by atoms with Gasteiger partial charge in [-0.25, -0.2) is 9.36 Å². The summed E-state index contributed by atoms with van der Waals surface area (Å²) in [5.41, 5.74) is 1.46. The maximum absolute atomic E-state index is 13.9. The quantitative estimate of drug-likeness (QED) is 0.272. The average molecular weight is 581 g/mol. The summed E-state index contributed by atoms with van der Waals surface area (Å²) in [6, 6.07) is 7.26. The summed E-state index contributed by atoms with van der Waals surface area (Å²) < 4.78 is 63.1. The maximum atomic E-state index is 13.9. The van der Waals surface area contributed by atoms with Gasteiger partial charge in [0.15, 0.2) is 12.4 Å². The van der Waals surface area contributed by atoms with E-state index in [2.05, 4.69) is 9.97 Å². The Morgan fingerprint density at radius 2 is 1.93 bits per heavy atom. The van der Waals surface area contributed by atoms with E-state index in [1.165, 1.54) is 28.7 Å². The first-order valence-corrected chi connectivity index (χ1v) is 14.3. The maximum Gasteiger partial charge on any atom is 0.422 e. The molecule has 0 bridgehead atoms. The van der Waals surface area contributed by atoms with Gasteiger partial charge in [0.2, 0.25) is 0 Å². The Labute approximate surface area is 232 Å². The fourth-order valence-electron chi connectivity index (χ4n) is 4.95. The number of aromatic nitrogens is 3. The van der Waals surface area contributed by atoms with Crippen molar-refractivity contribution in [2.75, 3.05) is 20.3 Å². The van der Waals surface area contributed by atoms with Crippen molar-refractivity contribution in [3.8, 4) is 5.75 Å². The van der Waals surface area contributed by atoms with Gasteiger partial charge in [0.1, 0.15) is 5.75 Å². The molecule has 2 aromatic heterocycles. The summed E-state index contributed by atoms with van der Waals surface area (Å²) in [7, 11) is 1.61. The van der Waals surface area contributed by atoms with Gasteiger partial charge in [0, 0.05) is 36.0 Å². The predicted molar refractivity (Wildman–Crippen MR) is 141 cm³/mol. The van der Waals surface area contributed by atoms with E-state index in [-0.39, 0.29) is 34.9 Å². The van der Waals surface area contributed by atoms with Crippen LogP contribution in [0.5, 0.6) is 5.75 Å². The molecule has 3 aromatic rings. The number of halogens is 3. The fraction of sp³-hybridized carbons (Fsp3) is 0.481. The van der Waals surface area contributed by atoms with Gasteiger partial charge in [0.05, 0.1) is 29.3 Å². The third-order valence-electron chi connectivity index (χ3n) is 6.96. The van der Waals surface area contributed by atoms with Crippen LogP contribution in [0.2, 0.25) is 0 Å². The lowest BCUT2D eigenvalue weighted by atomic mass is 9.84. The summed E-state index contributed by atoms with van der Waals surface area (Å²) in [5.74, 6) is -1.05. The van der Waals surface area contributed by atoms with E-state index in [4.69, 9.17) is 9.47 Å². The van der Waals surface area contributed by atoms with Gasteiger partial charge in [-0.15, -0.1) is 0 Å². The summed E-state index contributed by atoms with van der Waals surface area (Å²) in [6.07, 6.45) is -0.318. The minimum atomic E-state index is -4.51. The predicted octanol–water partition coefficient (Wildman–Crippen LogP) is 5.01. The molecule has 0 N–H and O–H groups in total. The molecule has 2 heterocycles. The Kier molecular flexibility index (Phi) is 9.24. The zero-order valence-corrected chi connectivity index (χ0v) is 23.3. The topological polar surface area (TPSA) is 110 Å². The molecule has 40 heavy (non-hydrogen) atoms. The van der Waals surface area contributed by atoms with Gasteiger partial charge >= 0.3 is 23.3 Å². The van der Waals surface area contributed by atoms with E-state index in [1.807, 2.05) is 0 Å². The molecule has 1 amide bonds. The molecule has 13 heteroatoms. The van der Waals surface area contributed by atoms with Crippen molar-refractivity contribution in [3.05, 3.63) is 47.8 Å². The molecule has 1 saturated carbocycles. The van der Waals surface area contributed by atoms with Crippen molar-refractivity contribution in [1.29, 1.82) is 0 Å². The number of ether oxygens (including phenoxy) is 2. The molecule has 3 atom stereocenters. The molecule has 4 rings (SSSR count). The van der Waals surface area contributed by atoms with Gasteiger partial charge < -0.3 is 18.9 Å². The Hall–Kier alpha value is -3.32. The lowest BCUT2D eigenvalue weighted by Crippen LogP contribution is -2.48. The SMILES string of the molecule is CCOC(=O)C1CCCCC1N(C)C(=O)n1c([S+]([O-])Cc2nccc(OCC(F)(F)F)c2C)nc2ccccc21. The number of benzene rings is 1. The highest BCUT2D eigenvalue weighted by atomic mass is 32.2. The number of nitrogens with zero attached hydrogens (tertiary/aromatic N) is 4. The summed E-state index contributed by atoms with van der Waals surface area (Å²) in [5, 5.41) is -0.0237. The zero-order chi connectivity index (χ0) is 29.0. The number of hydrogen-bond acceptors (Lipinski definition) is 7. The highest BCUT2D eigenvalue weighted by Gasteiger charge is 2.39. The summed E-state index contributed by atoms with van der Waals surface area (Å²) in [6.45, 7) is 2.04. The van der Waals surface area contributed by atoms with Crippen molar-refractivity contribution < 1.29 is 36.8 Å². The number of hydrogen-bond donors (Lipinski definition) is 0. The number of imidazole rings is 1. The molecule has 1 aliphatic carbocycles. The Morgan fingerprint density at radius 1 is 1.20 bits per heavy atom. The van der Waals surface area contributed by atoms with Crippen LogP contribution in [0.25, 0.3) is 11.0 Å². The Morgan fingerprint density at radius 3 is 2.65 bits per heavy atom. The van der Waals surface area contributed by atoms with E-state index in [1.54, 1.807) is 38.2 Å². The largest absolute Gasteiger partial charge is 0.609 e. The Balaban J connectivity index is 1.65. The number of carbonyl (C=O) groups is 2. The van der Waals surface area contributed by atoms with Gasteiger partial charge in [0.25, 0.3) is 0 Å². The minimum absolute atomic E-state index is 0.0223. The lowest BCUT2D eigenvalue weighted by Gasteiger charge is -2.36. The number of rotatable bonds is 8. The van der Waals surface area contributed by atoms with Crippen molar-refractivity contribution in [3.63, 3.8) is 0 Å².